The van der Waals surface area contributed by atoms with E-state index < -0.39 is 0 Å². The van der Waals surface area contributed by atoms with Crippen molar-refractivity contribution in [1.82, 2.24) is 0 Å². The molecule has 21 heavy (non-hydrogen) atoms. The SMILES string of the molecule is CCCCCCOC(=O)c1cc(N)c(C(C)(C)C)c(N)c1. The fourth-order valence-electron chi connectivity index (χ4n) is 2.45. The summed E-state index contributed by atoms with van der Waals surface area (Å²) < 4.78 is 5.26. The van der Waals surface area contributed by atoms with Gasteiger partial charge in [-0.05, 0) is 24.0 Å². The number of carbonyl (C=O) groups is 1. The van der Waals surface area contributed by atoms with Crippen molar-refractivity contribution < 1.29 is 9.53 Å². The van der Waals surface area contributed by atoms with Crippen molar-refractivity contribution in [3.8, 4) is 0 Å². The first kappa shape index (κ1) is 17.3. The molecule has 0 bridgehead atoms. The van der Waals surface area contributed by atoms with E-state index in [1.54, 1.807) is 12.1 Å². The Morgan fingerprint density at radius 2 is 1.67 bits per heavy atom. The Labute approximate surface area is 127 Å². The largest absolute Gasteiger partial charge is 0.462 e. The lowest BCUT2D eigenvalue weighted by atomic mass is 9.84. The second-order valence-corrected chi connectivity index (χ2v) is 6.48. The van der Waals surface area contributed by atoms with Crippen LogP contribution >= 0.6 is 0 Å². The molecule has 0 aromatic heterocycles. The summed E-state index contributed by atoms with van der Waals surface area (Å²) in [5.41, 5.74) is 14.3. The van der Waals surface area contributed by atoms with E-state index in [2.05, 4.69) is 6.92 Å². The second-order valence-electron chi connectivity index (χ2n) is 6.48. The average molecular weight is 292 g/mol. The number of nitrogens with two attached hydrogens (primary N) is 2. The first-order valence-electron chi connectivity index (χ1n) is 7.64. The molecule has 0 aliphatic carbocycles. The Bertz CT molecular complexity index is 467. The molecule has 1 rings (SSSR count). The highest BCUT2D eigenvalue weighted by Crippen LogP contribution is 2.34. The zero-order valence-electron chi connectivity index (χ0n) is 13.7. The van der Waals surface area contributed by atoms with Crippen LogP contribution in [-0.4, -0.2) is 12.6 Å². The third-order valence-corrected chi connectivity index (χ3v) is 3.42. The summed E-state index contributed by atoms with van der Waals surface area (Å²) in [6.07, 6.45) is 4.30. The highest BCUT2D eigenvalue weighted by atomic mass is 16.5. The van der Waals surface area contributed by atoms with Gasteiger partial charge in [-0.2, -0.15) is 0 Å². The summed E-state index contributed by atoms with van der Waals surface area (Å²) in [6, 6.07) is 3.32. The van der Waals surface area contributed by atoms with Gasteiger partial charge in [0, 0.05) is 16.9 Å². The normalized spacial score (nSPS) is 11.4. The topological polar surface area (TPSA) is 78.3 Å². The number of rotatable bonds is 6. The molecule has 0 aliphatic rings. The Balaban J connectivity index is 2.74. The van der Waals surface area contributed by atoms with Crippen LogP contribution in [0.15, 0.2) is 12.1 Å². The van der Waals surface area contributed by atoms with Crippen molar-refractivity contribution in [1.29, 1.82) is 0 Å². The number of unbranched alkanes of at least 4 members (excludes halogenated alkanes) is 3. The number of benzene rings is 1. The van der Waals surface area contributed by atoms with E-state index in [-0.39, 0.29) is 11.4 Å². The zero-order valence-corrected chi connectivity index (χ0v) is 13.7. The van der Waals surface area contributed by atoms with Gasteiger partial charge in [-0.15, -0.1) is 0 Å². The van der Waals surface area contributed by atoms with Crippen molar-refractivity contribution in [2.24, 2.45) is 0 Å². The molecular weight excluding hydrogens is 264 g/mol. The van der Waals surface area contributed by atoms with E-state index >= 15 is 0 Å². The van der Waals surface area contributed by atoms with Crippen LogP contribution in [0.3, 0.4) is 0 Å². The molecule has 0 aliphatic heterocycles. The van der Waals surface area contributed by atoms with E-state index in [1.165, 1.54) is 0 Å². The predicted octanol–water partition coefficient (Wildman–Crippen LogP) is 3.89. The van der Waals surface area contributed by atoms with Gasteiger partial charge >= 0.3 is 5.97 Å². The van der Waals surface area contributed by atoms with E-state index in [0.717, 1.165) is 31.2 Å². The van der Waals surface area contributed by atoms with Gasteiger partial charge in [0.25, 0.3) is 0 Å². The van der Waals surface area contributed by atoms with Crippen molar-refractivity contribution in [2.45, 2.75) is 58.8 Å². The summed E-state index contributed by atoms with van der Waals surface area (Å²) in [6.45, 7) is 8.72. The lowest BCUT2D eigenvalue weighted by Crippen LogP contribution is -2.18. The smallest absolute Gasteiger partial charge is 0.338 e. The van der Waals surface area contributed by atoms with E-state index in [0.29, 0.717) is 23.5 Å². The molecular formula is C17H28N2O2. The van der Waals surface area contributed by atoms with Gasteiger partial charge in [0.2, 0.25) is 0 Å². The van der Waals surface area contributed by atoms with Crippen molar-refractivity contribution in [2.75, 3.05) is 18.1 Å². The van der Waals surface area contributed by atoms with Crippen molar-refractivity contribution in [3.63, 3.8) is 0 Å². The zero-order chi connectivity index (χ0) is 16.0. The minimum atomic E-state index is -0.356. The number of hydrogen-bond donors (Lipinski definition) is 2. The van der Waals surface area contributed by atoms with Gasteiger partial charge in [-0.3, -0.25) is 0 Å². The number of esters is 1. The van der Waals surface area contributed by atoms with Crippen LogP contribution in [0.5, 0.6) is 0 Å². The molecule has 4 N–H and O–H groups in total. The summed E-state index contributed by atoms with van der Waals surface area (Å²) in [7, 11) is 0. The molecule has 4 nitrogen and oxygen atoms in total. The first-order valence-corrected chi connectivity index (χ1v) is 7.64. The molecule has 0 spiro atoms. The van der Waals surface area contributed by atoms with Gasteiger partial charge in [0.1, 0.15) is 0 Å². The Morgan fingerprint density at radius 3 is 2.14 bits per heavy atom. The number of ether oxygens (including phenoxy) is 1. The number of hydrogen-bond acceptors (Lipinski definition) is 4. The molecule has 0 amide bonds. The fourth-order valence-corrected chi connectivity index (χ4v) is 2.45. The van der Waals surface area contributed by atoms with Gasteiger partial charge in [0.05, 0.1) is 12.2 Å². The van der Waals surface area contributed by atoms with Crippen LogP contribution in [0.1, 0.15) is 69.3 Å². The fraction of sp³-hybridized carbons (Fsp3) is 0.588. The number of carbonyl (C=O) groups excluding carboxylic acids is 1. The number of nitrogen functional groups attached to an aromatic ring is 2. The quantitative estimate of drug-likeness (QED) is 0.474. The Kier molecular flexibility index (Phi) is 6.06. The van der Waals surface area contributed by atoms with E-state index in [1.807, 2.05) is 20.8 Å². The standard InChI is InChI=1S/C17H28N2O2/c1-5-6-7-8-9-21-16(20)12-10-13(18)15(14(19)11-12)17(2,3)4/h10-11H,5-9,18-19H2,1-4H3. The molecule has 0 heterocycles. The third kappa shape index (κ3) is 4.96. The van der Waals surface area contributed by atoms with Crippen LogP contribution in [0, 0.1) is 0 Å². The minimum absolute atomic E-state index is 0.156. The van der Waals surface area contributed by atoms with E-state index in [4.69, 9.17) is 16.2 Å². The molecule has 0 fully saturated rings. The summed E-state index contributed by atoms with van der Waals surface area (Å²) in [5, 5.41) is 0. The van der Waals surface area contributed by atoms with Crippen molar-refractivity contribution in [3.05, 3.63) is 23.3 Å². The summed E-state index contributed by atoms with van der Waals surface area (Å²) in [5.74, 6) is -0.356. The van der Waals surface area contributed by atoms with Gasteiger partial charge in [-0.25, -0.2) is 4.79 Å². The highest BCUT2D eigenvalue weighted by molar-refractivity contribution is 5.92. The molecule has 0 saturated carbocycles. The number of anilines is 2. The molecule has 0 radical (unpaired) electrons. The minimum Gasteiger partial charge on any atom is -0.462 e. The third-order valence-electron chi connectivity index (χ3n) is 3.42. The lowest BCUT2D eigenvalue weighted by Gasteiger charge is -2.23. The molecule has 1 aromatic carbocycles. The molecule has 0 saturated heterocycles. The highest BCUT2D eigenvalue weighted by Gasteiger charge is 2.22. The average Bonchev–Trinajstić information content (AvgIpc) is 2.35. The van der Waals surface area contributed by atoms with Crippen LogP contribution in [0.4, 0.5) is 11.4 Å². The molecule has 4 heteroatoms. The van der Waals surface area contributed by atoms with Crippen LogP contribution in [-0.2, 0) is 10.2 Å². The van der Waals surface area contributed by atoms with E-state index in [9.17, 15) is 4.79 Å². The maximum absolute atomic E-state index is 12.0. The second kappa shape index (κ2) is 7.34. The predicted molar refractivity (Wildman–Crippen MR) is 88.4 cm³/mol. The molecule has 0 atom stereocenters. The monoisotopic (exact) mass is 292 g/mol. The molecule has 1 aromatic rings. The molecule has 0 unspecified atom stereocenters. The Morgan fingerprint density at radius 1 is 1.10 bits per heavy atom. The lowest BCUT2D eigenvalue weighted by molar-refractivity contribution is 0.0498. The summed E-state index contributed by atoms with van der Waals surface area (Å²) in [4.78, 5) is 12.0. The maximum atomic E-state index is 12.0. The van der Waals surface area contributed by atoms with Gasteiger partial charge in [-0.1, -0.05) is 47.0 Å². The van der Waals surface area contributed by atoms with Crippen LogP contribution < -0.4 is 11.5 Å². The van der Waals surface area contributed by atoms with Crippen LogP contribution in [0.25, 0.3) is 0 Å². The molecule has 118 valence electrons. The van der Waals surface area contributed by atoms with Gasteiger partial charge in [0.15, 0.2) is 0 Å². The first-order chi connectivity index (χ1) is 9.77. The van der Waals surface area contributed by atoms with Crippen molar-refractivity contribution >= 4 is 17.3 Å². The van der Waals surface area contributed by atoms with Crippen LogP contribution in [0.2, 0.25) is 0 Å². The van der Waals surface area contributed by atoms with Gasteiger partial charge < -0.3 is 16.2 Å². The maximum Gasteiger partial charge on any atom is 0.338 e. The summed E-state index contributed by atoms with van der Waals surface area (Å²) >= 11 is 0. The Hall–Kier alpha value is -1.71.